The molecule has 4 rings (SSSR count). The Bertz CT molecular complexity index is 1090. The number of hydrogen-bond donors (Lipinski definition) is 1. The van der Waals surface area contributed by atoms with Crippen molar-refractivity contribution in [2.75, 3.05) is 13.1 Å². The van der Waals surface area contributed by atoms with Gasteiger partial charge in [0.1, 0.15) is 5.82 Å². The normalized spacial score (nSPS) is 15.9. The number of amides is 1. The average Bonchev–Trinajstić information content (AvgIpc) is 3.12. The highest BCUT2D eigenvalue weighted by atomic mass is 19.1. The first-order chi connectivity index (χ1) is 13.9. The number of halogens is 1. The summed E-state index contributed by atoms with van der Waals surface area (Å²) in [5.41, 5.74) is 6.17. The van der Waals surface area contributed by atoms with Crippen molar-refractivity contribution in [3.8, 4) is 11.1 Å². The van der Waals surface area contributed by atoms with Gasteiger partial charge in [-0.05, 0) is 68.1 Å². The van der Waals surface area contributed by atoms with Crippen LogP contribution in [-0.2, 0) is 4.79 Å². The molecule has 0 spiro atoms. The molecule has 0 bridgehead atoms. The summed E-state index contributed by atoms with van der Waals surface area (Å²) in [6, 6.07) is 11.1. The summed E-state index contributed by atoms with van der Waals surface area (Å²) in [5, 5.41) is 1.01. The van der Waals surface area contributed by atoms with E-state index in [0.29, 0.717) is 5.92 Å². The summed E-state index contributed by atoms with van der Waals surface area (Å²) in [5.74, 6) is 0.342. The van der Waals surface area contributed by atoms with Gasteiger partial charge in [-0.15, -0.1) is 0 Å². The Morgan fingerprint density at radius 2 is 1.90 bits per heavy atom. The number of aromatic amines is 1. The number of hydrogen-bond acceptors (Lipinski definition) is 2. The van der Waals surface area contributed by atoms with E-state index in [4.69, 9.17) is 4.99 Å². The predicted octanol–water partition coefficient (Wildman–Crippen LogP) is 5.63. The van der Waals surface area contributed by atoms with Crippen LogP contribution < -0.4 is 0 Å². The zero-order valence-corrected chi connectivity index (χ0v) is 17.1. The van der Waals surface area contributed by atoms with Gasteiger partial charge in [0, 0.05) is 54.3 Å². The number of rotatable bonds is 3. The van der Waals surface area contributed by atoms with Gasteiger partial charge in [-0.25, -0.2) is 4.39 Å². The summed E-state index contributed by atoms with van der Waals surface area (Å²) in [6.45, 7) is 7.42. The maximum atomic E-state index is 13.4. The molecule has 3 aromatic rings. The van der Waals surface area contributed by atoms with Gasteiger partial charge in [0.25, 0.3) is 0 Å². The zero-order chi connectivity index (χ0) is 20.5. The van der Waals surface area contributed by atoms with Gasteiger partial charge < -0.3 is 9.88 Å². The van der Waals surface area contributed by atoms with Gasteiger partial charge in [-0.2, -0.15) is 0 Å². The fraction of sp³-hybridized carbons (Fsp3) is 0.333. The van der Waals surface area contributed by atoms with E-state index in [0.717, 1.165) is 64.9 Å². The van der Waals surface area contributed by atoms with E-state index in [1.165, 1.54) is 12.1 Å². The lowest BCUT2D eigenvalue weighted by Crippen LogP contribution is -2.38. The summed E-state index contributed by atoms with van der Waals surface area (Å²) < 4.78 is 13.4. The number of benzene rings is 2. The third kappa shape index (κ3) is 3.95. The van der Waals surface area contributed by atoms with Crippen molar-refractivity contribution in [1.82, 2.24) is 9.88 Å². The Morgan fingerprint density at radius 3 is 2.59 bits per heavy atom. The van der Waals surface area contributed by atoms with Crippen LogP contribution in [0.4, 0.5) is 10.1 Å². The van der Waals surface area contributed by atoms with E-state index in [1.807, 2.05) is 17.2 Å². The number of aromatic nitrogens is 1. The summed E-state index contributed by atoms with van der Waals surface area (Å²) in [4.78, 5) is 21.5. The highest BCUT2D eigenvalue weighted by molar-refractivity contribution is 5.96. The Morgan fingerprint density at radius 1 is 1.14 bits per heavy atom. The first kappa shape index (κ1) is 19.4. The van der Waals surface area contributed by atoms with Crippen LogP contribution in [-0.4, -0.2) is 34.6 Å². The number of nitrogens with one attached hydrogen (secondary N) is 1. The molecule has 29 heavy (non-hydrogen) atoms. The first-order valence-electron chi connectivity index (χ1n) is 10.1. The van der Waals surface area contributed by atoms with Crippen LogP contribution in [0.2, 0.25) is 0 Å². The molecule has 0 unspecified atom stereocenters. The molecule has 1 N–H and O–H groups in total. The molecular weight excluding hydrogens is 365 g/mol. The number of aryl methyl sites for hydroxylation is 1. The Hall–Kier alpha value is -2.95. The minimum absolute atomic E-state index is 0.157. The molecule has 0 aliphatic carbocycles. The van der Waals surface area contributed by atoms with E-state index in [-0.39, 0.29) is 11.7 Å². The summed E-state index contributed by atoms with van der Waals surface area (Å²) in [6.07, 6.45) is 3.87. The lowest BCUT2D eigenvalue weighted by molar-refractivity contribution is -0.129. The minimum atomic E-state index is -0.239. The maximum absolute atomic E-state index is 13.4. The number of nitrogens with zero attached hydrogens (tertiary/aromatic N) is 2. The lowest BCUT2D eigenvalue weighted by Gasteiger charge is -2.31. The molecule has 5 heteroatoms. The minimum Gasteiger partial charge on any atom is -0.360 e. The van der Waals surface area contributed by atoms with Crippen LogP contribution in [0, 0.1) is 18.7 Å². The lowest BCUT2D eigenvalue weighted by atomic mass is 9.92. The van der Waals surface area contributed by atoms with Gasteiger partial charge in [-0.3, -0.25) is 9.79 Å². The van der Waals surface area contributed by atoms with Crippen molar-refractivity contribution in [3.05, 3.63) is 54.0 Å². The predicted molar refractivity (Wildman–Crippen MR) is 116 cm³/mol. The molecule has 1 aromatic heterocycles. The van der Waals surface area contributed by atoms with Crippen molar-refractivity contribution < 1.29 is 9.18 Å². The number of fused-ring (bicyclic) bond motifs is 1. The van der Waals surface area contributed by atoms with Gasteiger partial charge in [-0.1, -0.05) is 6.07 Å². The fourth-order valence-electron chi connectivity index (χ4n) is 4.18. The number of aliphatic imine (C=N–C) groups is 1. The van der Waals surface area contributed by atoms with Gasteiger partial charge in [0.15, 0.2) is 0 Å². The second-order valence-corrected chi connectivity index (χ2v) is 7.93. The monoisotopic (exact) mass is 391 g/mol. The second kappa shape index (κ2) is 7.82. The molecular formula is C24H26FN3O. The molecule has 1 fully saturated rings. The van der Waals surface area contributed by atoms with E-state index < -0.39 is 0 Å². The largest absolute Gasteiger partial charge is 0.360 e. The van der Waals surface area contributed by atoms with E-state index in [1.54, 1.807) is 6.92 Å². The van der Waals surface area contributed by atoms with Gasteiger partial charge in [0.05, 0.1) is 5.69 Å². The first-order valence-corrected chi connectivity index (χ1v) is 10.1. The highest BCUT2D eigenvalue weighted by Crippen LogP contribution is 2.32. The molecule has 0 saturated carbocycles. The number of piperidine rings is 1. The number of carbonyl (C=O) groups is 1. The topological polar surface area (TPSA) is 48.5 Å². The molecule has 1 saturated heterocycles. The highest BCUT2D eigenvalue weighted by Gasteiger charge is 2.22. The zero-order valence-electron chi connectivity index (χ0n) is 17.1. The molecule has 1 aliphatic heterocycles. The van der Waals surface area contributed by atoms with Crippen molar-refractivity contribution >= 4 is 28.2 Å². The smallest absolute Gasteiger partial charge is 0.219 e. The van der Waals surface area contributed by atoms with Gasteiger partial charge in [0.2, 0.25) is 5.91 Å². The standard InChI is InChI=1S/C24H26FN3O/c1-15-12-19(22-14-26-24-13-20(25)5-6-21(22)24)4-7-23(15)27-16(2)18-8-10-28(11-9-18)17(3)29/h4-7,12-14,18,26H,8-11H2,1-3H3/b27-16+. The van der Waals surface area contributed by atoms with Crippen LogP contribution in [0.5, 0.6) is 0 Å². The molecule has 0 radical (unpaired) electrons. The van der Waals surface area contributed by atoms with Crippen LogP contribution in [0.3, 0.4) is 0 Å². The van der Waals surface area contributed by atoms with Crippen molar-refractivity contribution in [1.29, 1.82) is 0 Å². The molecule has 4 nitrogen and oxygen atoms in total. The van der Waals surface area contributed by atoms with E-state index in [9.17, 15) is 9.18 Å². The Labute approximate surface area is 170 Å². The van der Waals surface area contributed by atoms with Crippen LogP contribution >= 0.6 is 0 Å². The average molecular weight is 391 g/mol. The molecule has 2 aromatic carbocycles. The Kier molecular flexibility index (Phi) is 5.22. The van der Waals surface area contributed by atoms with Crippen LogP contribution in [0.25, 0.3) is 22.0 Å². The molecule has 150 valence electrons. The van der Waals surface area contributed by atoms with Crippen molar-refractivity contribution in [2.45, 2.75) is 33.6 Å². The third-order valence-corrected chi connectivity index (χ3v) is 5.98. The molecule has 1 amide bonds. The van der Waals surface area contributed by atoms with E-state index in [2.05, 4.69) is 37.0 Å². The van der Waals surface area contributed by atoms with Crippen LogP contribution in [0.1, 0.15) is 32.3 Å². The molecule has 1 aliphatic rings. The summed E-state index contributed by atoms with van der Waals surface area (Å²) in [7, 11) is 0. The van der Waals surface area contributed by atoms with Crippen molar-refractivity contribution in [3.63, 3.8) is 0 Å². The SMILES string of the molecule is CC(=O)N1CCC(/C(C)=N/c2ccc(-c3c[nH]c4cc(F)ccc34)cc2C)CC1. The Balaban J connectivity index is 1.55. The second-order valence-electron chi connectivity index (χ2n) is 7.93. The third-order valence-electron chi connectivity index (χ3n) is 5.98. The number of H-pyrrole nitrogens is 1. The van der Waals surface area contributed by atoms with E-state index >= 15 is 0 Å². The fourth-order valence-corrected chi connectivity index (χ4v) is 4.18. The number of carbonyl (C=O) groups excluding carboxylic acids is 1. The van der Waals surface area contributed by atoms with Crippen molar-refractivity contribution in [2.24, 2.45) is 10.9 Å². The van der Waals surface area contributed by atoms with Crippen LogP contribution in [0.15, 0.2) is 47.6 Å². The molecule has 2 heterocycles. The number of likely N-dealkylation sites (tertiary alicyclic amines) is 1. The summed E-state index contributed by atoms with van der Waals surface area (Å²) >= 11 is 0. The quantitative estimate of drug-likeness (QED) is 0.578. The maximum Gasteiger partial charge on any atom is 0.219 e. The molecule has 0 atom stereocenters. The van der Waals surface area contributed by atoms with Gasteiger partial charge >= 0.3 is 0 Å².